The van der Waals surface area contributed by atoms with Gasteiger partial charge in [0.25, 0.3) is 5.91 Å². The van der Waals surface area contributed by atoms with Gasteiger partial charge in [-0.15, -0.1) is 0 Å². The van der Waals surface area contributed by atoms with Crippen LogP contribution >= 0.6 is 23.8 Å². The number of anilines is 2. The summed E-state index contributed by atoms with van der Waals surface area (Å²) in [7, 11) is 1.56. The molecule has 35 heavy (non-hydrogen) atoms. The SMILES string of the molecule is COc1ccc(NC(=O)CC2C(=O)N(c3ccc(F)cc3)C(=S)N2CCc2ccc(Cl)cc2)cc1. The van der Waals surface area contributed by atoms with E-state index in [1.54, 1.807) is 48.4 Å². The van der Waals surface area contributed by atoms with Gasteiger partial charge in [0.2, 0.25) is 5.91 Å². The van der Waals surface area contributed by atoms with Crippen molar-refractivity contribution in [3.05, 3.63) is 89.2 Å². The van der Waals surface area contributed by atoms with E-state index in [9.17, 15) is 14.0 Å². The number of nitrogens with one attached hydrogen (secondary N) is 1. The van der Waals surface area contributed by atoms with E-state index < -0.39 is 11.9 Å². The van der Waals surface area contributed by atoms with E-state index in [0.717, 1.165) is 5.56 Å². The lowest BCUT2D eigenvalue weighted by atomic mass is 10.1. The fraction of sp³-hybridized carbons (Fsp3) is 0.192. The molecule has 4 rings (SSSR count). The van der Waals surface area contributed by atoms with E-state index in [0.29, 0.717) is 35.1 Å². The summed E-state index contributed by atoms with van der Waals surface area (Å²) < 4.78 is 18.6. The maximum atomic E-state index is 13.5. The maximum Gasteiger partial charge on any atom is 0.256 e. The van der Waals surface area contributed by atoms with E-state index in [4.69, 9.17) is 28.6 Å². The van der Waals surface area contributed by atoms with E-state index in [2.05, 4.69) is 5.32 Å². The van der Waals surface area contributed by atoms with Crippen LogP contribution in [0.1, 0.15) is 12.0 Å². The molecule has 6 nitrogen and oxygen atoms in total. The Hall–Kier alpha value is -3.49. The molecule has 3 aromatic carbocycles. The first-order valence-electron chi connectivity index (χ1n) is 10.9. The summed E-state index contributed by atoms with van der Waals surface area (Å²) in [4.78, 5) is 29.4. The molecule has 1 N–H and O–H groups in total. The number of carbonyl (C=O) groups is 2. The Bertz CT molecular complexity index is 1220. The average Bonchev–Trinajstić information content (AvgIpc) is 3.08. The zero-order valence-corrected chi connectivity index (χ0v) is 20.5. The van der Waals surface area contributed by atoms with Gasteiger partial charge in [-0.1, -0.05) is 23.7 Å². The van der Waals surface area contributed by atoms with E-state index >= 15 is 0 Å². The van der Waals surface area contributed by atoms with E-state index in [-0.39, 0.29) is 23.3 Å². The number of rotatable bonds is 8. The normalized spacial score (nSPS) is 15.5. The molecule has 0 radical (unpaired) electrons. The van der Waals surface area contributed by atoms with Crippen molar-refractivity contribution in [3.8, 4) is 5.75 Å². The topological polar surface area (TPSA) is 61.9 Å². The van der Waals surface area contributed by atoms with Gasteiger partial charge in [0.1, 0.15) is 17.6 Å². The van der Waals surface area contributed by atoms with Gasteiger partial charge in [-0.25, -0.2) is 4.39 Å². The van der Waals surface area contributed by atoms with Crippen LogP contribution in [0.25, 0.3) is 0 Å². The lowest BCUT2D eigenvalue weighted by Crippen LogP contribution is -2.39. The lowest BCUT2D eigenvalue weighted by Gasteiger charge is -2.24. The van der Waals surface area contributed by atoms with Gasteiger partial charge in [-0.2, -0.15) is 0 Å². The van der Waals surface area contributed by atoms with Crippen LogP contribution in [0.5, 0.6) is 5.75 Å². The van der Waals surface area contributed by atoms with Gasteiger partial charge in [0.05, 0.1) is 19.2 Å². The van der Waals surface area contributed by atoms with Crippen LogP contribution < -0.4 is 15.0 Å². The number of hydrogen-bond acceptors (Lipinski definition) is 4. The van der Waals surface area contributed by atoms with Crippen LogP contribution in [0.4, 0.5) is 15.8 Å². The number of amides is 2. The Kier molecular flexibility index (Phi) is 7.63. The molecule has 3 aromatic rings. The summed E-state index contributed by atoms with van der Waals surface area (Å²) in [6, 6.07) is 19.1. The van der Waals surface area contributed by atoms with Gasteiger partial charge in [0.15, 0.2) is 5.11 Å². The molecule has 1 atom stereocenters. The van der Waals surface area contributed by atoms with Gasteiger partial charge in [-0.05, 0) is 84.9 Å². The summed E-state index contributed by atoms with van der Waals surface area (Å²) in [5.74, 6) is -0.402. The Morgan fingerprint density at radius 1 is 1.06 bits per heavy atom. The first-order valence-corrected chi connectivity index (χ1v) is 11.7. The second-order valence-corrected chi connectivity index (χ2v) is 8.80. The summed E-state index contributed by atoms with van der Waals surface area (Å²) in [6.45, 7) is 0.421. The second-order valence-electron chi connectivity index (χ2n) is 8.00. The van der Waals surface area contributed by atoms with Crippen LogP contribution in [0.2, 0.25) is 5.02 Å². The molecule has 180 valence electrons. The number of hydrogen-bond donors (Lipinski definition) is 1. The molecular formula is C26H23ClFN3O3S. The fourth-order valence-corrected chi connectivity index (χ4v) is 4.42. The van der Waals surface area contributed by atoms with Crippen molar-refractivity contribution in [2.45, 2.75) is 18.9 Å². The number of ether oxygens (including phenoxy) is 1. The Labute approximate surface area is 213 Å². The molecule has 1 saturated heterocycles. The highest BCUT2D eigenvalue weighted by atomic mass is 35.5. The van der Waals surface area contributed by atoms with Gasteiger partial charge < -0.3 is 15.0 Å². The molecule has 0 aliphatic carbocycles. The van der Waals surface area contributed by atoms with Gasteiger partial charge >= 0.3 is 0 Å². The monoisotopic (exact) mass is 511 g/mol. The smallest absolute Gasteiger partial charge is 0.256 e. The standard InChI is InChI=1S/C26H23ClFN3O3S/c1-34-22-12-8-20(9-13-22)29-24(32)16-23-25(33)31(21-10-6-19(28)7-11-21)26(35)30(23)15-14-17-2-4-18(27)5-3-17/h2-13,23H,14-16H2,1H3,(H,29,32). The van der Waals surface area contributed by atoms with E-state index in [1.165, 1.54) is 29.2 Å². The minimum Gasteiger partial charge on any atom is -0.497 e. The van der Waals surface area contributed by atoms with Crippen LogP contribution in [-0.2, 0) is 16.0 Å². The predicted octanol–water partition coefficient (Wildman–Crippen LogP) is 5.06. The maximum absolute atomic E-state index is 13.5. The van der Waals surface area contributed by atoms with Crippen molar-refractivity contribution in [1.82, 2.24) is 4.90 Å². The third-order valence-corrected chi connectivity index (χ3v) is 6.38. The summed E-state index contributed by atoms with van der Waals surface area (Å²) >= 11 is 11.6. The van der Waals surface area contributed by atoms with Crippen LogP contribution in [0, 0.1) is 5.82 Å². The Morgan fingerprint density at radius 3 is 2.34 bits per heavy atom. The molecule has 1 aliphatic rings. The largest absolute Gasteiger partial charge is 0.497 e. The molecule has 9 heteroatoms. The van der Waals surface area contributed by atoms with Crippen molar-refractivity contribution in [2.75, 3.05) is 23.9 Å². The number of thiocarbonyl (C=S) groups is 1. The third kappa shape index (κ3) is 5.78. The second kappa shape index (κ2) is 10.8. The highest BCUT2D eigenvalue weighted by molar-refractivity contribution is 7.80. The number of benzene rings is 3. The molecule has 1 fully saturated rings. The highest BCUT2D eigenvalue weighted by Crippen LogP contribution is 2.28. The minimum atomic E-state index is -0.793. The minimum absolute atomic E-state index is 0.0939. The Morgan fingerprint density at radius 2 is 1.71 bits per heavy atom. The number of methoxy groups -OCH3 is 1. The number of carbonyl (C=O) groups excluding carboxylic acids is 2. The quantitative estimate of drug-likeness (QED) is 0.428. The molecule has 1 unspecified atom stereocenters. The van der Waals surface area contributed by atoms with Crippen molar-refractivity contribution in [2.24, 2.45) is 0 Å². The summed E-state index contributed by atoms with van der Waals surface area (Å²) in [6.07, 6.45) is 0.502. The zero-order chi connectivity index (χ0) is 24.9. The number of nitrogens with zero attached hydrogens (tertiary/aromatic N) is 2. The number of halogens is 2. The Balaban J connectivity index is 1.54. The van der Waals surface area contributed by atoms with Crippen LogP contribution in [0.15, 0.2) is 72.8 Å². The third-order valence-electron chi connectivity index (χ3n) is 5.71. The molecule has 0 bridgehead atoms. The molecule has 1 heterocycles. The molecular weight excluding hydrogens is 489 g/mol. The van der Waals surface area contributed by atoms with Gasteiger partial charge in [-0.3, -0.25) is 14.5 Å². The van der Waals surface area contributed by atoms with Crippen LogP contribution in [-0.4, -0.2) is 41.5 Å². The van der Waals surface area contributed by atoms with Crippen molar-refractivity contribution in [1.29, 1.82) is 0 Å². The van der Waals surface area contributed by atoms with Gasteiger partial charge in [0, 0.05) is 17.3 Å². The van der Waals surface area contributed by atoms with Crippen molar-refractivity contribution in [3.63, 3.8) is 0 Å². The fourth-order valence-electron chi connectivity index (χ4n) is 3.88. The zero-order valence-electron chi connectivity index (χ0n) is 18.9. The first kappa shape index (κ1) is 24.6. The first-order chi connectivity index (χ1) is 16.9. The molecule has 2 amide bonds. The molecule has 0 spiro atoms. The average molecular weight is 512 g/mol. The lowest BCUT2D eigenvalue weighted by molar-refractivity contribution is -0.124. The van der Waals surface area contributed by atoms with Crippen molar-refractivity contribution >= 4 is 52.1 Å². The van der Waals surface area contributed by atoms with E-state index in [1.807, 2.05) is 12.1 Å². The van der Waals surface area contributed by atoms with Crippen LogP contribution in [0.3, 0.4) is 0 Å². The summed E-state index contributed by atoms with van der Waals surface area (Å²) in [5, 5.41) is 3.73. The molecule has 0 aromatic heterocycles. The molecule has 1 aliphatic heterocycles. The van der Waals surface area contributed by atoms with Crippen molar-refractivity contribution < 1.29 is 18.7 Å². The summed E-state index contributed by atoms with van der Waals surface area (Å²) in [5.41, 5.74) is 2.06. The highest BCUT2D eigenvalue weighted by Gasteiger charge is 2.43. The predicted molar refractivity (Wildman–Crippen MR) is 138 cm³/mol. The molecule has 0 saturated carbocycles.